The molecule has 0 fully saturated rings. The van der Waals surface area contributed by atoms with Gasteiger partial charge in [-0.3, -0.25) is 4.79 Å². The van der Waals surface area contributed by atoms with Crippen LogP contribution in [0.25, 0.3) is 0 Å². The van der Waals surface area contributed by atoms with Crippen molar-refractivity contribution in [1.29, 1.82) is 0 Å². The second-order valence-corrected chi connectivity index (χ2v) is 4.24. The van der Waals surface area contributed by atoms with Crippen molar-refractivity contribution in [1.82, 2.24) is 15.3 Å². The van der Waals surface area contributed by atoms with E-state index in [0.717, 1.165) is 0 Å². The van der Waals surface area contributed by atoms with Gasteiger partial charge in [-0.05, 0) is 0 Å². The molecule has 0 aromatic carbocycles. The van der Waals surface area contributed by atoms with Crippen LogP contribution in [0.1, 0.15) is 36.1 Å². The average molecular weight is 258 g/mol. The first-order valence-electron chi connectivity index (χ1n) is 5.35. The molecule has 1 N–H and O–H groups in total. The van der Waals surface area contributed by atoms with E-state index in [1.165, 1.54) is 6.20 Å². The van der Waals surface area contributed by atoms with Crippen molar-refractivity contribution in [3.8, 4) is 0 Å². The third kappa shape index (κ3) is 3.94. The monoisotopic (exact) mass is 257 g/mol. The predicted octanol–water partition coefficient (Wildman–Crippen LogP) is 1.63. The van der Waals surface area contributed by atoms with Gasteiger partial charge in [0.25, 0.3) is 5.91 Å². The first kappa shape index (κ1) is 13.9. The van der Waals surface area contributed by atoms with Crippen LogP contribution in [0.15, 0.2) is 6.20 Å². The summed E-state index contributed by atoms with van der Waals surface area (Å²) in [4.78, 5) is 20.0. The van der Waals surface area contributed by atoms with Crippen LogP contribution in [0.3, 0.4) is 0 Å². The Balaban J connectivity index is 2.81. The molecule has 1 aromatic heterocycles. The van der Waals surface area contributed by atoms with E-state index in [1.807, 2.05) is 13.8 Å². The topological polar surface area (TPSA) is 64.1 Å². The number of amides is 1. The zero-order valence-corrected chi connectivity index (χ0v) is 10.9. The van der Waals surface area contributed by atoms with Gasteiger partial charge in [0.1, 0.15) is 11.5 Å². The molecule has 0 aliphatic carbocycles. The summed E-state index contributed by atoms with van der Waals surface area (Å²) in [7, 11) is 1.57. The van der Waals surface area contributed by atoms with E-state index in [9.17, 15) is 4.79 Å². The molecule has 0 saturated carbocycles. The molecule has 6 heteroatoms. The zero-order chi connectivity index (χ0) is 12.8. The molecular formula is C11H16ClN3O2. The van der Waals surface area contributed by atoms with Gasteiger partial charge in [-0.15, -0.1) is 0 Å². The number of methoxy groups -OCH3 is 1. The Morgan fingerprint density at radius 1 is 1.59 bits per heavy atom. The van der Waals surface area contributed by atoms with Crippen molar-refractivity contribution in [2.75, 3.05) is 20.3 Å². The van der Waals surface area contributed by atoms with E-state index in [-0.39, 0.29) is 22.5 Å². The minimum Gasteiger partial charge on any atom is -0.383 e. The van der Waals surface area contributed by atoms with Gasteiger partial charge in [-0.25, -0.2) is 9.97 Å². The number of nitrogens with zero attached hydrogens (tertiary/aromatic N) is 2. The van der Waals surface area contributed by atoms with Gasteiger partial charge in [0, 0.05) is 19.6 Å². The molecule has 0 radical (unpaired) electrons. The molecule has 1 amide bonds. The molecule has 0 spiro atoms. The summed E-state index contributed by atoms with van der Waals surface area (Å²) in [6.45, 7) is 4.78. The highest BCUT2D eigenvalue weighted by molar-refractivity contribution is 6.33. The van der Waals surface area contributed by atoms with Crippen LogP contribution in [-0.2, 0) is 4.74 Å². The van der Waals surface area contributed by atoms with E-state index >= 15 is 0 Å². The molecule has 0 unspecified atom stereocenters. The lowest BCUT2D eigenvalue weighted by Crippen LogP contribution is -2.28. The van der Waals surface area contributed by atoms with Crippen LogP contribution < -0.4 is 5.32 Å². The summed E-state index contributed by atoms with van der Waals surface area (Å²) in [5, 5.41) is 2.92. The molecule has 1 aromatic rings. The van der Waals surface area contributed by atoms with E-state index < -0.39 is 0 Å². The quantitative estimate of drug-likeness (QED) is 0.815. The van der Waals surface area contributed by atoms with E-state index in [4.69, 9.17) is 16.3 Å². The Morgan fingerprint density at radius 3 is 2.88 bits per heavy atom. The van der Waals surface area contributed by atoms with E-state index in [2.05, 4.69) is 15.3 Å². The van der Waals surface area contributed by atoms with Crippen molar-refractivity contribution in [2.24, 2.45) is 0 Å². The number of aromatic nitrogens is 2. The molecule has 0 aliphatic rings. The van der Waals surface area contributed by atoms with Gasteiger partial charge in [-0.1, -0.05) is 25.4 Å². The fraction of sp³-hybridized carbons (Fsp3) is 0.545. The number of hydrogen-bond donors (Lipinski definition) is 1. The molecule has 1 rings (SSSR count). The van der Waals surface area contributed by atoms with Gasteiger partial charge >= 0.3 is 0 Å². The third-order valence-corrected chi connectivity index (χ3v) is 2.36. The van der Waals surface area contributed by atoms with Crippen LogP contribution in [-0.4, -0.2) is 36.1 Å². The first-order chi connectivity index (χ1) is 8.06. The number of halogens is 1. The van der Waals surface area contributed by atoms with Crippen molar-refractivity contribution >= 4 is 17.5 Å². The second kappa shape index (κ2) is 6.51. The van der Waals surface area contributed by atoms with Gasteiger partial charge in [0.15, 0.2) is 0 Å². The number of nitrogens with one attached hydrogen (secondary N) is 1. The Labute approximate surface area is 106 Å². The number of rotatable bonds is 5. The molecular weight excluding hydrogens is 242 g/mol. The van der Waals surface area contributed by atoms with Gasteiger partial charge in [0.05, 0.1) is 17.8 Å². The zero-order valence-electron chi connectivity index (χ0n) is 10.2. The van der Waals surface area contributed by atoms with Crippen LogP contribution in [0.5, 0.6) is 0 Å². The molecule has 1 heterocycles. The lowest BCUT2D eigenvalue weighted by Gasteiger charge is -2.08. The van der Waals surface area contributed by atoms with Crippen LogP contribution in [0, 0.1) is 0 Å². The highest BCUT2D eigenvalue weighted by atomic mass is 35.5. The molecule has 5 nitrogen and oxygen atoms in total. The van der Waals surface area contributed by atoms with Gasteiger partial charge < -0.3 is 10.1 Å². The Hall–Kier alpha value is -1.20. The van der Waals surface area contributed by atoms with Crippen molar-refractivity contribution in [3.05, 3.63) is 22.7 Å². The predicted molar refractivity (Wildman–Crippen MR) is 65.3 cm³/mol. The maximum absolute atomic E-state index is 11.8. The van der Waals surface area contributed by atoms with Crippen LogP contribution in [0.4, 0.5) is 0 Å². The van der Waals surface area contributed by atoms with Crippen LogP contribution >= 0.6 is 11.6 Å². The normalized spacial score (nSPS) is 10.6. The maximum atomic E-state index is 11.8. The standard InChI is InChI=1S/C11H16ClN3O2/c1-7(2)10-14-6-8(12)9(15-10)11(16)13-4-5-17-3/h6-7H,4-5H2,1-3H3,(H,13,16). The maximum Gasteiger partial charge on any atom is 0.271 e. The largest absolute Gasteiger partial charge is 0.383 e. The highest BCUT2D eigenvalue weighted by Gasteiger charge is 2.14. The Bertz CT molecular complexity index is 396. The summed E-state index contributed by atoms with van der Waals surface area (Å²) >= 11 is 5.89. The minimum absolute atomic E-state index is 0.151. The fourth-order valence-corrected chi connectivity index (χ4v) is 1.35. The lowest BCUT2D eigenvalue weighted by molar-refractivity contribution is 0.0932. The number of carbonyl (C=O) groups excluding carboxylic acids is 1. The SMILES string of the molecule is COCCNC(=O)c1nc(C(C)C)ncc1Cl. The number of ether oxygens (including phenoxy) is 1. The number of carbonyl (C=O) groups is 1. The van der Waals surface area contributed by atoms with E-state index in [1.54, 1.807) is 7.11 Å². The molecule has 0 aliphatic heterocycles. The van der Waals surface area contributed by atoms with Gasteiger partial charge in [0.2, 0.25) is 0 Å². The highest BCUT2D eigenvalue weighted by Crippen LogP contribution is 2.15. The van der Waals surface area contributed by atoms with Crippen molar-refractivity contribution in [2.45, 2.75) is 19.8 Å². The van der Waals surface area contributed by atoms with Crippen LogP contribution in [0.2, 0.25) is 5.02 Å². The Morgan fingerprint density at radius 2 is 2.29 bits per heavy atom. The number of hydrogen-bond acceptors (Lipinski definition) is 4. The summed E-state index contributed by atoms with van der Waals surface area (Å²) in [5.41, 5.74) is 0.210. The lowest BCUT2D eigenvalue weighted by atomic mass is 10.2. The molecule has 17 heavy (non-hydrogen) atoms. The summed E-state index contributed by atoms with van der Waals surface area (Å²) in [6.07, 6.45) is 1.45. The smallest absolute Gasteiger partial charge is 0.271 e. The van der Waals surface area contributed by atoms with Crippen molar-refractivity contribution < 1.29 is 9.53 Å². The van der Waals surface area contributed by atoms with Crippen molar-refractivity contribution in [3.63, 3.8) is 0 Å². The average Bonchev–Trinajstić information content (AvgIpc) is 2.29. The summed E-state index contributed by atoms with van der Waals surface area (Å²) < 4.78 is 4.84. The first-order valence-corrected chi connectivity index (χ1v) is 5.73. The molecule has 0 bridgehead atoms. The molecule has 94 valence electrons. The van der Waals surface area contributed by atoms with E-state index in [0.29, 0.717) is 19.0 Å². The van der Waals surface area contributed by atoms with Gasteiger partial charge in [-0.2, -0.15) is 0 Å². The summed E-state index contributed by atoms with van der Waals surface area (Å²) in [5.74, 6) is 0.445. The molecule has 0 atom stereocenters. The summed E-state index contributed by atoms with van der Waals surface area (Å²) in [6, 6.07) is 0. The Kier molecular flexibility index (Phi) is 5.31. The minimum atomic E-state index is -0.309. The fourth-order valence-electron chi connectivity index (χ4n) is 1.17. The second-order valence-electron chi connectivity index (χ2n) is 3.83. The third-order valence-electron chi connectivity index (χ3n) is 2.09. The molecule has 0 saturated heterocycles.